The zero-order valence-electron chi connectivity index (χ0n) is 30.6. The lowest BCUT2D eigenvalue weighted by molar-refractivity contribution is 0.731. The van der Waals surface area contributed by atoms with E-state index in [0.29, 0.717) is 16.7 Å². The molecule has 0 amide bonds. The van der Waals surface area contributed by atoms with Gasteiger partial charge in [-0.3, -0.25) is 0 Å². The molecule has 5 heteroatoms. The third kappa shape index (κ3) is 4.99. The average Bonchev–Trinajstić information content (AvgIpc) is 3.62. The van der Waals surface area contributed by atoms with Crippen molar-refractivity contribution in [1.82, 2.24) is 4.57 Å². The van der Waals surface area contributed by atoms with Crippen molar-refractivity contribution >= 4 is 38.9 Å². The monoisotopic (exact) mass is 725 g/mol. The molecule has 0 unspecified atom stereocenters. The first-order chi connectivity index (χ1) is 28.1. The first-order valence-electron chi connectivity index (χ1n) is 18.8. The van der Waals surface area contributed by atoms with Crippen molar-refractivity contribution in [2.45, 2.75) is 5.41 Å². The van der Waals surface area contributed by atoms with E-state index in [-0.39, 0.29) is 11.1 Å². The molecule has 1 aromatic heterocycles. The normalized spacial score (nSPS) is 12.6. The summed E-state index contributed by atoms with van der Waals surface area (Å²) < 4.78 is 2.27. The predicted octanol–water partition coefficient (Wildman–Crippen LogP) is 12.2. The van der Waals surface area contributed by atoms with Crippen molar-refractivity contribution in [3.8, 4) is 35.0 Å². The number of nitriles is 3. The van der Waals surface area contributed by atoms with Crippen LogP contribution in [0.3, 0.4) is 0 Å². The van der Waals surface area contributed by atoms with E-state index in [1.165, 1.54) is 6.07 Å². The Balaban J connectivity index is 1.33. The van der Waals surface area contributed by atoms with Crippen molar-refractivity contribution in [3.63, 3.8) is 0 Å². The molecular weight excluding hydrogens is 695 g/mol. The van der Waals surface area contributed by atoms with E-state index in [2.05, 4.69) is 204 Å². The van der Waals surface area contributed by atoms with Gasteiger partial charge < -0.3 is 9.47 Å². The fourth-order valence-corrected chi connectivity index (χ4v) is 9.04. The van der Waals surface area contributed by atoms with Gasteiger partial charge in [0.2, 0.25) is 0 Å². The number of para-hydroxylation sites is 4. The number of rotatable bonds is 5. The maximum absolute atomic E-state index is 10.5. The van der Waals surface area contributed by atoms with Gasteiger partial charge in [-0.1, -0.05) is 133 Å². The molecule has 9 aromatic rings. The Bertz CT molecular complexity index is 3030. The molecule has 0 saturated heterocycles. The van der Waals surface area contributed by atoms with E-state index >= 15 is 0 Å². The number of benzene rings is 8. The second kappa shape index (κ2) is 13.3. The minimum absolute atomic E-state index is 0.166. The van der Waals surface area contributed by atoms with E-state index in [9.17, 15) is 15.8 Å². The highest BCUT2D eigenvalue weighted by Crippen LogP contribution is 2.58. The fraction of sp³-hybridized carbons (Fsp3) is 0.0192. The van der Waals surface area contributed by atoms with E-state index < -0.39 is 5.41 Å². The van der Waals surface area contributed by atoms with Gasteiger partial charge in [-0.2, -0.15) is 15.8 Å². The summed E-state index contributed by atoms with van der Waals surface area (Å²) >= 11 is 0. The first-order valence-corrected chi connectivity index (χ1v) is 18.8. The molecule has 0 spiro atoms. The maximum atomic E-state index is 10.5. The second-order valence-corrected chi connectivity index (χ2v) is 14.2. The van der Waals surface area contributed by atoms with Crippen LogP contribution in [0.25, 0.3) is 38.6 Å². The Morgan fingerprint density at radius 1 is 0.439 bits per heavy atom. The standard InChI is InChI=1S/C52H31N5/c53-32-35-27-37(33-54)45(34-55)44(28-35)36-29-40(56-48-23-11-7-19-42(48)43-20-8-12-24-49(43)56)31-41(30-36)57-50-25-13-9-21-46(50)52(38-15-3-1-4-16-38,39-17-5-2-6-18-39)47-22-10-14-26-51(47)57/h1-31H. The Morgan fingerprint density at radius 2 is 0.947 bits per heavy atom. The van der Waals surface area contributed by atoms with Gasteiger partial charge in [-0.25, -0.2) is 0 Å². The zero-order valence-corrected chi connectivity index (χ0v) is 30.6. The second-order valence-electron chi connectivity index (χ2n) is 14.2. The minimum Gasteiger partial charge on any atom is -0.310 e. The lowest BCUT2D eigenvalue weighted by Gasteiger charge is -2.46. The molecule has 1 aliphatic rings. The molecule has 8 aromatic carbocycles. The Labute approximate surface area is 330 Å². The van der Waals surface area contributed by atoms with Crippen LogP contribution in [0.1, 0.15) is 38.9 Å². The van der Waals surface area contributed by atoms with Gasteiger partial charge in [0.05, 0.1) is 50.6 Å². The highest BCUT2D eigenvalue weighted by atomic mass is 15.2. The number of anilines is 3. The summed E-state index contributed by atoms with van der Waals surface area (Å²) in [7, 11) is 0. The summed E-state index contributed by atoms with van der Waals surface area (Å²) in [6, 6.07) is 71.7. The van der Waals surface area contributed by atoms with Crippen LogP contribution in [0.15, 0.2) is 188 Å². The molecule has 264 valence electrons. The number of fused-ring (bicyclic) bond motifs is 5. The molecule has 0 N–H and O–H groups in total. The summed E-state index contributed by atoms with van der Waals surface area (Å²) in [6.07, 6.45) is 0. The van der Waals surface area contributed by atoms with Gasteiger partial charge in [0.25, 0.3) is 0 Å². The van der Waals surface area contributed by atoms with Gasteiger partial charge in [0, 0.05) is 27.7 Å². The highest BCUT2D eigenvalue weighted by molar-refractivity contribution is 6.09. The molecule has 0 aliphatic carbocycles. The van der Waals surface area contributed by atoms with Crippen molar-refractivity contribution in [2.75, 3.05) is 4.90 Å². The third-order valence-corrected chi connectivity index (χ3v) is 11.3. The average molecular weight is 726 g/mol. The number of hydrogen-bond donors (Lipinski definition) is 0. The van der Waals surface area contributed by atoms with Crippen LogP contribution in [-0.2, 0) is 5.41 Å². The number of nitrogens with zero attached hydrogens (tertiary/aromatic N) is 5. The van der Waals surface area contributed by atoms with Gasteiger partial charge in [0.1, 0.15) is 12.1 Å². The SMILES string of the molecule is N#Cc1cc(C#N)c(C#N)c(-c2cc(N3c4ccccc4C(c4ccccc4)(c4ccccc4)c4ccccc43)cc(-n3c4ccccc4c4ccccc43)c2)c1. The Morgan fingerprint density at radius 3 is 1.49 bits per heavy atom. The summed E-state index contributed by atoms with van der Waals surface area (Å²) in [5.74, 6) is 0. The number of aromatic nitrogens is 1. The van der Waals surface area contributed by atoms with Crippen molar-refractivity contribution in [3.05, 3.63) is 227 Å². The molecule has 2 heterocycles. The van der Waals surface area contributed by atoms with E-state index in [1.54, 1.807) is 6.07 Å². The van der Waals surface area contributed by atoms with Crippen LogP contribution >= 0.6 is 0 Å². The largest absolute Gasteiger partial charge is 0.310 e. The van der Waals surface area contributed by atoms with Crippen LogP contribution in [0, 0.1) is 34.0 Å². The molecule has 0 radical (unpaired) electrons. The van der Waals surface area contributed by atoms with Gasteiger partial charge in [-0.15, -0.1) is 0 Å². The van der Waals surface area contributed by atoms with Crippen molar-refractivity contribution < 1.29 is 0 Å². The quantitative estimate of drug-likeness (QED) is 0.177. The summed E-state index contributed by atoms with van der Waals surface area (Å²) in [5.41, 5.74) is 11.7. The van der Waals surface area contributed by atoms with Crippen LogP contribution < -0.4 is 4.90 Å². The molecule has 0 saturated carbocycles. The predicted molar refractivity (Wildman–Crippen MR) is 227 cm³/mol. The molecule has 5 nitrogen and oxygen atoms in total. The zero-order chi connectivity index (χ0) is 38.5. The van der Waals surface area contributed by atoms with Crippen molar-refractivity contribution in [2.24, 2.45) is 0 Å². The van der Waals surface area contributed by atoms with Gasteiger partial charge in [0.15, 0.2) is 0 Å². The maximum Gasteiger partial charge on any atom is 0.101 e. The van der Waals surface area contributed by atoms with Crippen LogP contribution in [-0.4, -0.2) is 4.57 Å². The van der Waals surface area contributed by atoms with E-state index in [4.69, 9.17) is 0 Å². The Kier molecular flexibility index (Phi) is 7.79. The lowest BCUT2D eigenvalue weighted by Crippen LogP contribution is -2.37. The summed E-state index contributed by atoms with van der Waals surface area (Å²) in [5, 5.41) is 33.1. The molecule has 0 atom stereocenters. The lowest BCUT2D eigenvalue weighted by atomic mass is 9.62. The van der Waals surface area contributed by atoms with Gasteiger partial charge >= 0.3 is 0 Å². The van der Waals surface area contributed by atoms with Crippen LogP contribution in [0.2, 0.25) is 0 Å². The van der Waals surface area contributed by atoms with Crippen molar-refractivity contribution in [1.29, 1.82) is 15.8 Å². The molecule has 10 rings (SSSR count). The molecule has 57 heavy (non-hydrogen) atoms. The molecular formula is C52H31N5. The topological polar surface area (TPSA) is 79.5 Å². The number of hydrogen-bond acceptors (Lipinski definition) is 4. The Hall–Kier alpha value is -8.17. The third-order valence-electron chi connectivity index (χ3n) is 11.3. The first kappa shape index (κ1) is 33.4. The smallest absolute Gasteiger partial charge is 0.101 e. The van der Waals surface area contributed by atoms with Gasteiger partial charge in [-0.05, 0) is 82.4 Å². The van der Waals surface area contributed by atoms with E-state index in [0.717, 1.165) is 66.8 Å². The molecule has 1 aliphatic heterocycles. The highest BCUT2D eigenvalue weighted by Gasteiger charge is 2.46. The summed E-state index contributed by atoms with van der Waals surface area (Å²) in [6.45, 7) is 0. The van der Waals surface area contributed by atoms with E-state index in [1.807, 2.05) is 0 Å². The fourth-order valence-electron chi connectivity index (χ4n) is 9.04. The van der Waals surface area contributed by atoms with Crippen LogP contribution in [0.5, 0.6) is 0 Å². The minimum atomic E-state index is -0.643. The molecule has 0 fully saturated rings. The molecule has 0 bridgehead atoms. The summed E-state index contributed by atoms with van der Waals surface area (Å²) in [4.78, 5) is 2.32. The van der Waals surface area contributed by atoms with Crippen LogP contribution in [0.4, 0.5) is 17.1 Å².